The molecule has 20 heavy (non-hydrogen) atoms. The summed E-state index contributed by atoms with van der Waals surface area (Å²) in [4.78, 5) is 27.7. The number of likely N-dealkylation sites (tertiary alicyclic amines) is 1. The predicted octanol–water partition coefficient (Wildman–Crippen LogP) is 0.513. The number of nitrogens with one attached hydrogen (secondary N) is 2. The Morgan fingerprint density at radius 3 is 2.50 bits per heavy atom. The molecule has 5 nitrogen and oxygen atoms in total. The van der Waals surface area contributed by atoms with Crippen LogP contribution in [0.4, 0.5) is 4.79 Å². The van der Waals surface area contributed by atoms with Gasteiger partial charge in [0.15, 0.2) is 6.67 Å². The van der Waals surface area contributed by atoms with Gasteiger partial charge in [-0.1, -0.05) is 26.2 Å². The van der Waals surface area contributed by atoms with Crippen LogP contribution in [0.5, 0.6) is 0 Å². The average molecular weight is 280 g/mol. The third-order valence-corrected chi connectivity index (χ3v) is 5.32. The van der Waals surface area contributed by atoms with Crippen LogP contribution in [-0.2, 0) is 4.79 Å². The minimum Gasteiger partial charge on any atom is -0.323 e. The molecule has 1 spiro atoms. The van der Waals surface area contributed by atoms with Gasteiger partial charge in [0.25, 0.3) is 5.91 Å². The van der Waals surface area contributed by atoms with Gasteiger partial charge in [0, 0.05) is 0 Å². The van der Waals surface area contributed by atoms with Gasteiger partial charge in [0.05, 0.1) is 13.1 Å². The zero-order valence-corrected chi connectivity index (χ0v) is 12.4. The van der Waals surface area contributed by atoms with E-state index in [1.54, 1.807) is 0 Å². The molecule has 0 bridgehead atoms. The Kier molecular flexibility index (Phi) is 3.71. The highest BCUT2D eigenvalue weighted by atomic mass is 16.2. The number of urea groups is 1. The van der Waals surface area contributed by atoms with Gasteiger partial charge in [-0.25, -0.2) is 9.69 Å². The van der Waals surface area contributed by atoms with Gasteiger partial charge in [-0.15, -0.1) is 0 Å². The Balaban J connectivity index is 1.65. The maximum absolute atomic E-state index is 12.7. The first-order valence-electron chi connectivity index (χ1n) is 8.08. The fraction of sp³-hybridized carbons (Fsp3) is 0.867. The van der Waals surface area contributed by atoms with Gasteiger partial charge in [0.1, 0.15) is 5.54 Å². The van der Waals surface area contributed by atoms with E-state index in [1.807, 2.05) is 0 Å². The van der Waals surface area contributed by atoms with Crippen LogP contribution in [0, 0.1) is 5.92 Å². The number of hydrogen-bond acceptors (Lipinski definition) is 2. The molecule has 0 aromatic rings. The number of carbonyl (C=O) groups excluding carboxylic acids is 2. The number of quaternary nitrogens is 1. The molecule has 0 radical (unpaired) electrons. The van der Waals surface area contributed by atoms with Crippen molar-refractivity contribution in [2.45, 2.75) is 57.4 Å². The standard InChI is InChI=1S/C15H25N3O2/c1-12-5-9-17(10-6-12)11-18-13(19)15(16-14(18)20)7-3-2-4-8-15/h12H,2-11H2,1H3,(H,16,20)/p+1. The summed E-state index contributed by atoms with van der Waals surface area (Å²) in [5.74, 6) is 0.819. The summed E-state index contributed by atoms with van der Waals surface area (Å²) < 4.78 is 0. The third-order valence-electron chi connectivity index (χ3n) is 5.32. The van der Waals surface area contributed by atoms with Crippen LogP contribution in [0.25, 0.3) is 0 Å². The number of carbonyl (C=O) groups is 2. The predicted molar refractivity (Wildman–Crippen MR) is 75.2 cm³/mol. The maximum atomic E-state index is 12.7. The molecule has 2 N–H and O–H groups in total. The zero-order chi connectivity index (χ0) is 14.2. The van der Waals surface area contributed by atoms with Crippen molar-refractivity contribution in [1.29, 1.82) is 0 Å². The second-order valence-corrected chi connectivity index (χ2v) is 6.90. The molecule has 0 aromatic heterocycles. The molecule has 2 heterocycles. The molecule has 0 atom stereocenters. The van der Waals surface area contributed by atoms with E-state index in [4.69, 9.17) is 0 Å². The Bertz CT molecular complexity index is 396. The molecule has 3 fully saturated rings. The molecule has 5 heteroatoms. The Labute approximate surface area is 120 Å². The summed E-state index contributed by atoms with van der Waals surface area (Å²) in [5, 5.41) is 2.99. The summed E-state index contributed by atoms with van der Waals surface area (Å²) in [6.07, 6.45) is 7.32. The van der Waals surface area contributed by atoms with E-state index >= 15 is 0 Å². The van der Waals surface area contributed by atoms with Crippen LogP contribution in [0.2, 0.25) is 0 Å². The Hall–Kier alpha value is -1.10. The van der Waals surface area contributed by atoms with Crippen molar-refractivity contribution in [2.75, 3.05) is 19.8 Å². The highest BCUT2D eigenvalue weighted by Gasteiger charge is 2.52. The molecule has 3 amide bonds. The number of rotatable bonds is 2. The molecule has 3 aliphatic rings. The van der Waals surface area contributed by atoms with Crippen LogP contribution in [-0.4, -0.2) is 42.1 Å². The molecule has 112 valence electrons. The van der Waals surface area contributed by atoms with Gasteiger partial charge >= 0.3 is 6.03 Å². The van der Waals surface area contributed by atoms with Crippen molar-refractivity contribution >= 4 is 11.9 Å². The quantitative estimate of drug-likeness (QED) is 0.724. The summed E-state index contributed by atoms with van der Waals surface area (Å²) in [6.45, 7) is 4.98. The van der Waals surface area contributed by atoms with Crippen molar-refractivity contribution in [3.63, 3.8) is 0 Å². The lowest BCUT2D eigenvalue weighted by atomic mass is 9.82. The van der Waals surface area contributed by atoms with Gasteiger partial charge < -0.3 is 10.2 Å². The SMILES string of the molecule is CC1CC[NH+](CN2C(=O)NC3(CCCCC3)C2=O)CC1. The summed E-state index contributed by atoms with van der Waals surface area (Å²) in [5.41, 5.74) is -0.558. The van der Waals surface area contributed by atoms with E-state index in [1.165, 1.54) is 29.1 Å². The van der Waals surface area contributed by atoms with Gasteiger partial charge in [0.2, 0.25) is 0 Å². The van der Waals surface area contributed by atoms with Crippen molar-refractivity contribution < 1.29 is 14.5 Å². The van der Waals surface area contributed by atoms with Crippen LogP contribution in [0.1, 0.15) is 51.9 Å². The number of piperidine rings is 1. The molecule has 1 aliphatic carbocycles. The second-order valence-electron chi connectivity index (χ2n) is 6.90. The molecule has 3 rings (SSSR count). The zero-order valence-electron chi connectivity index (χ0n) is 12.4. The molecule has 0 unspecified atom stereocenters. The fourth-order valence-corrected chi connectivity index (χ4v) is 3.87. The minimum absolute atomic E-state index is 0.0355. The number of amides is 3. The molecule has 1 saturated carbocycles. The van der Waals surface area contributed by atoms with E-state index in [-0.39, 0.29) is 11.9 Å². The summed E-state index contributed by atoms with van der Waals surface area (Å²) in [7, 11) is 0. The fourth-order valence-electron chi connectivity index (χ4n) is 3.87. The molecule has 2 aliphatic heterocycles. The van der Waals surface area contributed by atoms with E-state index in [0.717, 1.165) is 44.7 Å². The number of nitrogens with zero attached hydrogens (tertiary/aromatic N) is 1. The average Bonchev–Trinajstić information content (AvgIpc) is 2.67. The minimum atomic E-state index is -0.558. The lowest BCUT2D eigenvalue weighted by molar-refractivity contribution is -0.913. The first kappa shape index (κ1) is 13.9. The van der Waals surface area contributed by atoms with Crippen molar-refractivity contribution in [1.82, 2.24) is 10.2 Å². The molecular formula is C15H26N3O2+. The normalized spacial score (nSPS) is 33.5. The lowest BCUT2D eigenvalue weighted by Crippen LogP contribution is -3.14. The number of imide groups is 1. The van der Waals surface area contributed by atoms with E-state index in [0.29, 0.717) is 6.67 Å². The van der Waals surface area contributed by atoms with E-state index < -0.39 is 5.54 Å². The second kappa shape index (κ2) is 5.35. The lowest BCUT2D eigenvalue weighted by Gasteiger charge is -2.32. The van der Waals surface area contributed by atoms with Crippen molar-refractivity contribution in [3.8, 4) is 0 Å². The molecule has 2 saturated heterocycles. The van der Waals surface area contributed by atoms with Crippen LogP contribution in [0.15, 0.2) is 0 Å². The van der Waals surface area contributed by atoms with Crippen LogP contribution in [0.3, 0.4) is 0 Å². The Morgan fingerprint density at radius 2 is 1.85 bits per heavy atom. The Morgan fingerprint density at radius 1 is 1.20 bits per heavy atom. The van der Waals surface area contributed by atoms with Crippen LogP contribution < -0.4 is 10.2 Å². The van der Waals surface area contributed by atoms with E-state index in [2.05, 4.69) is 12.2 Å². The molecule has 0 aromatic carbocycles. The van der Waals surface area contributed by atoms with Crippen molar-refractivity contribution in [3.05, 3.63) is 0 Å². The first-order valence-corrected chi connectivity index (χ1v) is 8.08. The summed E-state index contributed by atoms with van der Waals surface area (Å²) >= 11 is 0. The largest absolute Gasteiger partial charge is 0.329 e. The number of hydrogen-bond donors (Lipinski definition) is 2. The first-order chi connectivity index (χ1) is 9.61. The van der Waals surface area contributed by atoms with E-state index in [9.17, 15) is 9.59 Å². The topological polar surface area (TPSA) is 53.9 Å². The van der Waals surface area contributed by atoms with Gasteiger partial charge in [-0.05, 0) is 31.6 Å². The maximum Gasteiger partial charge on any atom is 0.329 e. The monoisotopic (exact) mass is 280 g/mol. The van der Waals surface area contributed by atoms with Crippen LogP contribution >= 0.6 is 0 Å². The third kappa shape index (κ3) is 2.43. The molecular weight excluding hydrogens is 254 g/mol. The smallest absolute Gasteiger partial charge is 0.323 e. The van der Waals surface area contributed by atoms with Gasteiger partial charge in [-0.3, -0.25) is 4.79 Å². The van der Waals surface area contributed by atoms with Gasteiger partial charge in [-0.2, -0.15) is 0 Å². The highest BCUT2D eigenvalue weighted by molar-refractivity contribution is 6.06. The highest BCUT2D eigenvalue weighted by Crippen LogP contribution is 2.33. The van der Waals surface area contributed by atoms with Crippen molar-refractivity contribution in [2.24, 2.45) is 5.92 Å². The summed E-state index contributed by atoms with van der Waals surface area (Å²) in [6, 6.07) is -0.164.